The molecule has 0 saturated heterocycles. The maximum Gasteiger partial charge on any atom is 0.337 e. The molecule has 0 bridgehead atoms. The number of rotatable bonds is 6. The van der Waals surface area contributed by atoms with Crippen molar-refractivity contribution >= 4 is 17.4 Å². The number of halogens is 1. The number of nitrogens with one attached hydrogen (secondary N) is 1. The fourth-order valence-corrected chi connectivity index (χ4v) is 5.55. The molecule has 198 valence electrons. The standard InChI is InChI=1S/C28H35FN4O4/c1-15-18-11-8-12-36-25(18)20(29)13-19(15)24-23(26(27(34)35)37-28(3,4)5)16(2)30-22-14-21(32-33(22)24)31-17-9-6-7-10-17/h13-14,17,26H,6-12H2,1-5H3,(H,31,32)(H,34,35)/t26-/m0/s1. The van der Waals surface area contributed by atoms with E-state index in [0.717, 1.165) is 30.4 Å². The number of fused-ring (bicyclic) bond motifs is 2. The quantitative estimate of drug-likeness (QED) is 0.434. The summed E-state index contributed by atoms with van der Waals surface area (Å²) in [5.41, 5.74) is 3.36. The number of carbonyl (C=O) groups is 1. The molecule has 0 unspecified atom stereocenters. The number of carboxylic acids is 1. The Kier molecular flexibility index (Phi) is 6.60. The number of benzene rings is 1. The lowest BCUT2D eigenvalue weighted by atomic mass is 9.91. The summed E-state index contributed by atoms with van der Waals surface area (Å²) in [5, 5.41) is 18.6. The van der Waals surface area contributed by atoms with Gasteiger partial charge in [-0.15, -0.1) is 5.10 Å². The zero-order valence-corrected chi connectivity index (χ0v) is 22.2. The molecule has 3 heterocycles. The monoisotopic (exact) mass is 510 g/mol. The minimum Gasteiger partial charge on any atom is -0.490 e. The highest BCUT2D eigenvalue weighted by molar-refractivity contribution is 5.82. The molecule has 2 aliphatic rings. The summed E-state index contributed by atoms with van der Waals surface area (Å²) in [6.07, 6.45) is 4.66. The summed E-state index contributed by atoms with van der Waals surface area (Å²) in [5.74, 6) is -0.665. The molecule has 1 atom stereocenters. The Balaban J connectivity index is 1.78. The Morgan fingerprint density at radius 2 is 1.97 bits per heavy atom. The van der Waals surface area contributed by atoms with Gasteiger partial charge >= 0.3 is 5.97 Å². The molecule has 9 heteroatoms. The number of hydrogen-bond donors (Lipinski definition) is 2. The summed E-state index contributed by atoms with van der Waals surface area (Å²) < 4.78 is 28.8. The molecule has 1 aliphatic carbocycles. The molecule has 1 saturated carbocycles. The molecular formula is C28H35FN4O4. The highest BCUT2D eigenvalue weighted by Crippen LogP contribution is 2.41. The number of hydrogen-bond acceptors (Lipinski definition) is 6. The topological polar surface area (TPSA) is 98.0 Å². The average Bonchev–Trinajstić information content (AvgIpc) is 3.48. The van der Waals surface area contributed by atoms with E-state index in [0.29, 0.717) is 53.0 Å². The Bertz CT molecular complexity index is 1350. The van der Waals surface area contributed by atoms with E-state index in [1.54, 1.807) is 11.4 Å². The molecule has 2 aromatic heterocycles. The van der Waals surface area contributed by atoms with E-state index in [1.807, 2.05) is 33.8 Å². The van der Waals surface area contributed by atoms with Crippen molar-refractivity contribution in [1.29, 1.82) is 0 Å². The summed E-state index contributed by atoms with van der Waals surface area (Å²) in [6.45, 7) is 9.59. The van der Waals surface area contributed by atoms with E-state index in [2.05, 4.69) is 5.32 Å². The first-order valence-corrected chi connectivity index (χ1v) is 13.1. The fraction of sp³-hybridized carbons (Fsp3) is 0.536. The van der Waals surface area contributed by atoms with Gasteiger partial charge in [-0.3, -0.25) is 0 Å². The maximum absolute atomic E-state index is 15.4. The highest BCUT2D eigenvalue weighted by Gasteiger charge is 2.34. The van der Waals surface area contributed by atoms with Gasteiger partial charge < -0.3 is 19.9 Å². The first-order valence-electron chi connectivity index (χ1n) is 13.1. The minimum absolute atomic E-state index is 0.279. The first-order chi connectivity index (χ1) is 17.5. The highest BCUT2D eigenvalue weighted by atomic mass is 19.1. The largest absolute Gasteiger partial charge is 0.490 e. The van der Waals surface area contributed by atoms with Crippen LogP contribution in [0.2, 0.25) is 0 Å². The average molecular weight is 511 g/mol. The lowest BCUT2D eigenvalue weighted by Gasteiger charge is -2.28. The van der Waals surface area contributed by atoms with E-state index in [9.17, 15) is 9.90 Å². The molecule has 37 heavy (non-hydrogen) atoms. The van der Waals surface area contributed by atoms with Gasteiger partial charge in [0.2, 0.25) is 0 Å². The van der Waals surface area contributed by atoms with E-state index >= 15 is 4.39 Å². The summed E-state index contributed by atoms with van der Waals surface area (Å²) >= 11 is 0. The molecule has 8 nitrogen and oxygen atoms in total. The number of aryl methyl sites for hydroxylation is 1. The van der Waals surface area contributed by atoms with Crippen molar-refractivity contribution in [3.05, 3.63) is 40.3 Å². The fourth-order valence-electron chi connectivity index (χ4n) is 5.55. The van der Waals surface area contributed by atoms with Crippen molar-refractivity contribution in [2.24, 2.45) is 0 Å². The van der Waals surface area contributed by atoms with Gasteiger partial charge in [-0.2, -0.15) is 0 Å². The molecule has 0 spiro atoms. The summed E-state index contributed by atoms with van der Waals surface area (Å²) in [7, 11) is 0. The molecule has 1 aromatic carbocycles. The molecule has 0 radical (unpaired) electrons. The lowest BCUT2D eigenvalue weighted by molar-refractivity contribution is -0.160. The van der Waals surface area contributed by atoms with E-state index < -0.39 is 23.5 Å². The number of ether oxygens (including phenoxy) is 2. The van der Waals surface area contributed by atoms with Crippen LogP contribution in [0.15, 0.2) is 12.1 Å². The Morgan fingerprint density at radius 3 is 2.65 bits per heavy atom. The zero-order chi connectivity index (χ0) is 26.5. The Morgan fingerprint density at radius 1 is 1.24 bits per heavy atom. The summed E-state index contributed by atoms with van der Waals surface area (Å²) in [4.78, 5) is 17.3. The van der Waals surface area contributed by atoms with Gasteiger partial charge in [0.05, 0.1) is 17.9 Å². The second-order valence-electron chi connectivity index (χ2n) is 11.1. The molecule has 5 rings (SSSR count). The van der Waals surface area contributed by atoms with E-state index in [4.69, 9.17) is 19.6 Å². The third kappa shape index (κ3) is 4.89. The van der Waals surface area contributed by atoms with Gasteiger partial charge in [0, 0.05) is 34.5 Å². The van der Waals surface area contributed by atoms with Crippen LogP contribution >= 0.6 is 0 Å². The number of anilines is 1. The maximum atomic E-state index is 15.4. The molecule has 1 fully saturated rings. The van der Waals surface area contributed by atoms with Crippen molar-refractivity contribution in [2.75, 3.05) is 11.9 Å². The zero-order valence-electron chi connectivity index (χ0n) is 22.2. The molecule has 0 amide bonds. The van der Waals surface area contributed by atoms with Crippen LogP contribution in [0.3, 0.4) is 0 Å². The van der Waals surface area contributed by atoms with Crippen molar-refractivity contribution in [3.8, 4) is 17.0 Å². The predicted molar refractivity (Wildman–Crippen MR) is 139 cm³/mol. The number of aromatic nitrogens is 3. The van der Waals surface area contributed by atoms with Gasteiger partial charge in [0.1, 0.15) is 0 Å². The first kappa shape index (κ1) is 25.4. The van der Waals surface area contributed by atoms with Gasteiger partial charge in [-0.25, -0.2) is 18.7 Å². The smallest absolute Gasteiger partial charge is 0.337 e. The molecule has 1 aliphatic heterocycles. The summed E-state index contributed by atoms with van der Waals surface area (Å²) in [6, 6.07) is 3.63. The molecular weight excluding hydrogens is 475 g/mol. The second-order valence-corrected chi connectivity index (χ2v) is 11.1. The number of carboxylic acid groups (broad SMARTS) is 1. The predicted octanol–water partition coefficient (Wildman–Crippen LogP) is 5.77. The van der Waals surface area contributed by atoms with Crippen LogP contribution in [-0.2, 0) is 16.0 Å². The van der Waals surface area contributed by atoms with Crippen molar-refractivity contribution in [3.63, 3.8) is 0 Å². The Labute approximate surface area is 216 Å². The molecule has 2 N–H and O–H groups in total. The Hall–Kier alpha value is -3.20. The second kappa shape index (κ2) is 9.59. The van der Waals surface area contributed by atoms with E-state index in [-0.39, 0.29) is 5.75 Å². The normalized spacial score (nSPS) is 17.0. The van der Waals surface area contributed by atoms with Crippen molar-refractivity contribution in [2.45, 2.75) is 90.9 Å². The van der Waals surface area contributed by atoms with Crippen LogP contribution in [-0.4, -0.2) is 43.9 Å². The third-order valence-electron chi connectivity index (χ3n) is 7.19. The van der Waals surface area contributed by atoms with Crippen LogP contribution in [0.4, 0.5) is 10.2 Å². The van der Waals surface area contributed by atoms with Crippen LogP contribution in [0.1, 0.15) is 81.4 Å². The number of aliphatic carboxylic acids is 1. The number of nitrogens with zero attached hydrogens (tertiary/aromatic N) is 3. The van der Waals surface area contributed by atoms with Gasteiger partial charge in [-0.05, 0) is 71.9 Å². The van der Waals surface area contributed by atoms with Crippen LogP contribution < -0.4 is 10.1 Å². The van der Waals surface area contributed by atoms with Gasteiger partial charge in [-0.1, -0.05) is 12.8 Å². The van der Waals surface area contributed by atoms with Crippen molar-refractivity contribution < 1.29 is 23.8 Å². The third-order valence-corrected chi connectivity index (χ3v) is 7.19. The van der Waals surface area contributed by atoms with E-state index in [1.165, 1.54) is 18.9 Å². The van der Waals surface area contributed by atoms with Crippen molar-refractivity contribution in [1.82, 2.24) is 14.6 Å². The molecule has 3 aromatic rings. The van der Waals surface area contributed by atoms with Crippen LogP contribution in [0.25, 0.3) is 16.9 Å². The minimum atomic E-state index is -1.32. The van der Waals surface area contributed by atoms with Crippen LogP contribution in [0, 0.1) is 19.7 Å². The SMILES string of the molecule is Cc1nc2cc(NC3CCCC3)nn2c(-c2cc(F)c3c(c2C)CCCO3)c1[C@H](OC(C)(C)C)C(=O)O. The lowest BCUT2D eigenvalue weighted by Crippen LogP contribution is -2.29. The van der Waals surface area contributed by atoms with Gasteiger partial charge in [0.15, 0.2) is 29.1 Å². The van der Waals surface area contributed by atoms with Gasteiger partial charge in [0.25, 0.3) is 0 Å². The van der Waals surface area contributed by atoms with Crippen LogP contribution in [0.5, 0.6) is 5.75 Å².